The van der Waals surface area contributed by atoms with E-state index in [4.69, 9.17) is 11.6 Å². The molecular formula is C15H21ClN2O4S. The van der Waals surface area contributed by atoms with Crippen molar-refractivity contribution in [3.05, 3.63) is 28.8 Å². The summed E-state index contributed by atoms with van der Waals surface area (Å²) in [6.45, 7) is 3.67. The van der Waals surface area contributed by atoms with E-state index in [-0.39, 0.29) is 22.9 Å². The van der Waals surface area contributed by atoms with Crippen molar-refractivity contribution in [2.45, 2.75) is 32.3 Å². The number of rotatable bonds is 4. The van der Waals surface area contributed by atoms with Crippen molar-refractivity contribution in [3.8, 4) is 0 Å². The first kappa shape index (κ1) is 18.0. The molecule has 1 amide bonds. The number of aliphatic hydroxyl groups is 1. The van der Waals surface area contributed by atoms with Gasteiger partial charge < -0.3 is 10.4 Å². The number of anilines is 1. The number of carbonyl (C=O) groups is 1. The molecule has 1 aromatic carbocycles. The predicted octanol–water partition coefficient (Wildman–Crippen LogP) is 1.77. The summed E-state index contributed by atoms with van der Waals surface area (Å²) in [5, 5.41) is 12.4. The van der Waals surface area contributed by atoms with Gasteiger partial charge in [-0.3, -0.25) is 9.10 Å². The van der Waals surface area contributed by atoms with E-state index in [9.17, 15) is 18.3 Å². The van der Waals surface area contributed by atoms with Gasteiger partial charge in [-0.15, -0.1) is 0 Å². The standard InChI is InChI=1S/C15H21ClN2O4S/c1-15(2,20)10-17-14(19)12-6-5-11(9-13(12)16)18-7-3-4-8-23(18,21)22/h5-6,9,20H,3-4,7-8,10H2,1-2H3,(H,17,19). The van der Waals surface area contributed by atoms with E-state index in [0.717, 1.165) is 6.42 Å². The molecule has 0 atom stereocenters. The third-order valence-electron chi connectivity index (χ3n) is 3.52. The number of amides is 1. The Hall–Kier alpha value is -1.31. The van der Waals surface area contributed by atoms with Crippen LogP contribution in [0.2, 0.25) is 5.02 Å². The third kappa shape index (κ3) is 4.59. The molecular weight excluding hydrogens is 340 g/mol. The summed E-state index contributed by atoms with van der Waals surface area (Å²) in [7, 11) is -3.31. The summed E-state index contributed by atoms with van der Waals surface area (Å²) in [6, 6.07) is 4.57. The topological polar surface area (TPSA) is 86.7 Å². The summed E-state index contributed by atoms with van der Waals surface area (Å²) in [6.07, 6.45) is 1.45. The zero-order valence-corrected chi connectivity index (χ0v) is 14.7. The van der Waals surface area contributed by atoms with Crippen LogP contribution in [0.3, 0.4) is 0 Å². The van der Waals surface area contributed by atoms with E-state index >= 15 is 0 Å². The Bertz CT molecular complexity index is 698. The second-order valence-electron chi connectivity index (χ2n) is 6.25. The molecule has 0 aliphatic carbocycles. The second kappa shape index (κ2) is 6.67. The van der Waals surface area contributed by atoms with Crippen molar-refractivity contribution in [2.24, 2.45) is 0 Å². The summed E-state index contributed by atoms with van der Waals surface area (Å²) >= 11 is 6.14. The Morgan fingerprint density at radius 2 is 2.09 bits per heavy atom. The molecule has 0 bridgehead atoms. The minimum atomic E-state index is -3.31. The van der Waals surface area contributed by atoms with E-state index in [1.165, 1.54) is 16.4 Å². The molecule has 6 nitrogen and oxygen atoms in total. The molecule has 1 aliphatic rings. The lowest BCUT2D eigenvalue weighted by Crippen LogP contribution is -2.38. The van der Waals surface area contributed by atoms with Crippen LogP contribution in [-0.2, 0) is 10.0 Å². The number of carbonyl (C=O) groups excluding carboxylic acids is 1. The van der Waals surface area contributed by atoms with Gasteiger partial charge in [-0.2, -0.15) is 0 Å². The molecule has 0 radical (unpaired) electrons. The fraction of sp³-hybridized carbons (Fsp3) is 0.533. The largest absolute Gasteiger partial charge is 0.389 e. The highest BCUT2D eigenvalue weighted by atomic mass is 35.5. The molecule has 8 heteroatoms. The lowest BCUT2D eigenvalue weighted by Gasteiger charge is -2.28. The van der Waals surface area contributed by atoms with Crippen molar-refractivity contribution in [2.75, 3.05) is 23.1 Å². The maximum atomic E-state index is 12.1. The highest BCUT2D eigenvalue weighted by molar-refractivity contribution is 7.92. The number of sulfonamides is 1. The lowest BCUT2D eigenvalue weighted by atomic mass is 10.1. The first-order valence-corrected chi connectivity index (χ1v) is 9.39. The molecule has 2 rings (SSSR count). The number of nitrogens with zero attached hydrogens (tertiary/aromatic N) is 1. The van der Waals surface area contributed by atoms with E-state index < -0.39 is 21.5 Å². The van der Waals surface area contributed by atoms with Crippen LogP contribution in [0.5, 0.6) is 0 Å². The monoisotopic (exact) mass is 360 g/mol. The molecule has 1 aliphatic heterocycles. The quantitative estimate of drug-likeness (QED) is 0.856. The first-order chi connectivity index (χ1) is 10.6. The fourth-order valence-electron chi connectivity index (χ4n) is 2.31. The molecule has 1 saturated heterocycles. The van der Waals surface area contributed by atoms with Crippen LogP contribution in [0.1, 0.15) is 37.0 Å². The Labute approximate surface area is 141 Å². The van der Waals surface area contributed by atoms with Crippen LogP contribution in [0.25, 0.3) is 0 Å². The smallest absolute Gasteiger partial charge is 0.252 e. The molecule has 1 aromatic rings. The third-order valence-corrected chi connectivity index (χ3v) is 5.70. The van der Waals surface area contributed by atoms with Crippen LogP contribution in [0.4, 0.5) is 5.69 Å². The molecule has 0 unspecified atom stereocenters. The summed E-state index contributed by atoms with van der Waals surface area (Å²) < 4.78 is 25.5. The lowest BCUT2D eigenvalue weighted by molar-refractivity contribution is 0.0694. The highest BCUT2D eigenvalue weighted by Gasteiger charge is 2.27. The zero-order valence-electron chi connectivity index (χ0n) is 13.2. The molecule has 1 heterocycles. The van der Waals surface area contributed by atoms with Gasteiger partial charge >= 0.3 is 0 Å². The Balaban J connectivity index is 2.19. The van der Waals surface area contributed by atoms with Crippen molar-refractivity contribution in [3.63, 3.8) is 0 Å². The number of halogens is 1. The molecule has 2 N–H and O–H groups in total. The Morgan fingerprint density at radius 3 is 2.65 bits per heavy atom. The van der Waals surface area contributed by atoms with E-state index in [0.29, 0.717) is 18.7 Å². The average molecular weight is 361 g/mol. The van der Waals surface area contributed by atoms with E-state index in [2.05, 4.69) is 5.32 Å². The molecule has 1 fully saturated rings. The SMILES string of the molecule is CC(C)(O)CNC(=O)c1ccc(N2CCCCS2(=O)=O)cc1Cl. The highest BCUT2D eigenvalue weighted by Crippen LogP contribution is 2.28. The van der Waals surface area contributed by atoms with E-state index in [1.54, 1.807) is 19.9 Å². The van der Waals surface area contributed by atoms with Gasteiger partial charge in [-0.05, 0) is 44.9 Å². The van der Waals surface area contributed by atoms with Gasteiger partial charge in [0.15, 0.2) is 0 Å². The second-order valence-corrected chi connectivity index (χ2v) is 8.67. The van der Waals surface area contributed by atoms with Crippen LogP contribution in [0, 0.1) is 0 Å². The summed E-state index contributed by atoms with van der Waals surface area (Å²) in [4.78, 5) is 12.1. The average Bonchev–Trinajstić information content (AvgIpc) is 2.43. The van der Waals surface area contributed by atoms with Crippen molar-refractivity contribution in [1.29, 1.82) is 0 Å². The number of hydrogen-bond donors (Lipinski definition) is 2. The minimum Gasteiger partial charge on any atom is -0.389 e. The van der Waals surface area contributed by atoms with Crippen molar-refractivity contribution >= 4 is 33.2 Å². The predicted molar refractivity (Wildman–Crippen MR) is 90.4 cm³/mol. The van der Waals surface area contributed by atoms with Crippen LogP contribution in [-0.4, -0.2) is 43.9 Å². The molecule has 0 saturated carbocycles. The van der Waals surface area contributed by atoms with Gasteiger partial charge in [0.2, 0.25) is 10.0 Å². The van der Waals surface area contributed by atoms with Gasteiger partial charge in [0.05, 0.1) is 27.6 Å². The molecule has 0 aromatic heterocycles. The zero-order chi connectivity index (χ0) is 17.3. The number of nitrogens with one attached hydrogen (secondary N) is 1. The van der Waals surface area contributed by atoms with Crippen LogP contribution in [0.15, 0.2) is 18.2 Å². The maximum absolute atomic E-state index is 12.1. The maximum Gasteiger partial charge on any atom is 0.252 e. The normalized spacial score (nSPS) is 17.8. The minimum absolute atomic E-state index is 0.0877. The Morgan fingerprint density at radius 1 is 1.39 bits per heavy atom. The molecule has 0 spiro atoms. The summed E-state index contributed by atoms with van der Waals surface area (Å²) in [5.74, 6) is -0.288. The number of hydrogen-bond acceptors (Lipinski definition) is 4. The van der Waals surface area contributed by atoms with Crippen molar-refractivity contribution in [1.82, 2.24) is 5.32 Å². The molecule has 128 valence electrons. The summed E-state index contributed by atoms with van der Waals surface area (Å²) in [5.41, 5.74) is -0.313. The van der Waals surface area contributed by atoms with Crippen molar-refractivity contribution < 1.29 is 18.3 Å². The van der Waals surface area contributed by atoms with Gasteiger partial charge in [-0.1, -0.05) is 11.6 Å². The van der Waals surface area contributed by atoms with Gasteiger partial charge in [0, 0.05) is 13.1 Å². The van der Waals surface area contributed by atoms with Gasteiger partial charge in [-0.25, -0.2) is 8.42 Å². The fourth-order valence-corrected chi connectivity index (χ4v) is 4.21. The molecule has 23 heavy (non-hydrogen) atoms. The van der Waals surface area contributed by atoms with Crippen LogP contribution >= 0.6 is 11.6 Å². The van der Waals surface area contributed by atoms with Gasteiger partial charge in [0.1, 0.15) is 0 Å². The van der Waals surface area contributed by atoms with Gasteiger partial charge in [0.25, 0.3) is 5.91 Å². The first-order valence-electron chi connectivity index (χ1n) is 7.41. The van der Waals surface area contributed by atoms with Crippen LogP contribution < -0.4 is 9.62 Å². The Kier molecular flexibility index (Phi) is 5.23. The number of benzene rings is 1. The van der Waals surface area contributed by atoms with E-state index in [1.807, 2.05) is 0 Å².